The molecule has 1 aromatic heterocycles. The Morgan fingerprint density at radius 3 is 2.43 bits per heavy atom. The van der Waals surface area contributed by atoms with Crippen LogP contribution in [0.2, 0.25) is 0 Å². The third-order valence-corrected chi connectivity index (χ3v) is 3.45. The Bertz CT molecular complexity index is 652. The van der Waals surface area contributed by atoms with E-state index in [1.807, 2.05) is 11.7 Å². The van der Waals surface area contributed by atoms with Gasteiger partial charge in [-0.25, -0.2) is 14.1 Å². The number of aromatic nitrogens is 3. The molecule has 114 valence electrons. The smallest absolute Gasteiger partial charge is 0.217 e. The van der Waals surface area contributed by atoms with Crippen molar-refractivity contribution in [1.82, 2.24) is 19.7 Å². The third-order valence-electron chi connectivity index (χ3n) is 3.14. The van der Waals surface area contributed by atoms with E-state index in [1.54, 1.807) is 12.1 Å². The fourth-order valence-electron chi connectivity index (χ4n) is 1.98. The summed E-state index contributed by atoms with van der Waals surface area (Å²) in [7, 11) is 1.99. The van der Waals surface area contributed by atoms with Crippen LogP contribution in [0.15, 0.2) is 24.3 Å². The number of benzene rings is 1. The summed E-state index contributed by atoms with van der Waals surface area (Å²) in [4.78, 5) is 6.49. The number of hydrogen-bond donors (Lipinski definition) is 1. The Morgan fingerprint density at radius 2 is 1.90 bits per heavy atom. The summed E-state index contributed by atoms with van der Waals surface area (Å²) < 4.78 is 15.3. The molecule has 0 aliphatic rings. The van der Waals surface area contributed by atoms with E-state index in [9.17, 15) is 4.39 Å². The van der Waals surface area contributed by atoms with Gasteiger partial charge in [0, 0.05) is 12.0 Å². The molecule has 0 aliphatic heterocycles. The van der Waals surface area contributed by atoms with Crippen LogP contribution >= 0.6 is 12.2 Å². The van der Waals surface area contributed by atoms with E-state index >= 15 is 0 Å². The van der Waals surface area contributed by atoms with E-state index in [0.717, 1.165) is 11.4 Å². The van der Waals surface area contributed by atoms with E-state index in [4.69, 9.17) is 12.2 Å². The fraction of sp³-hybridized carbons (Fsp3) is 0.467. The molecule has 0 atom stereocenters. The minimum absolute atomic E-state index is 0.0612. The van der Waals surface area contributed by atoms with E-state index < -0.39 is 0 Å². The number of rotatable bonds is 4. The molecule has 2 rings (SSSR count). The van der Waals surface area contributed by atoms with Gasteiger partial charge < -0.3 is 0 Å². The van der Waals surface area contributed by atoms with Crippen molar-refractivity contribution in [3.8, 4) is 0 Å². The SMILES string of the molecule is CN(Cc1ccc(F)cc1)Cn1[nH]c(C(C)(C)C)nc1=S. The summed E-state index contributed by atoms with van der Waals surface area (Å²) in [5, 5.41) is 3.25. The maximum atomic E-state index is 12.9. The van der Waals surface area contributed by atoms with Crippen LogP contribution < -0.4 is 0 Å². The van der Waals surface area contributed by atoms with Crippen LogP contribution in [-0.2, 0) is 18.6 Å². The summed E-state index contributed by atoms with van der Waals surface area (Å²) in [6, 6.07) is 6.53. The largest absolute Gasteiger partial charge is 0.283 e. The molecule has 0 fully saturated rings. The molecule has 4 nitrogen and oxygen atoms in total. The van der Waals surface area contributed by atoms with Gasteiger partial charge in [0.05, 0.1) is 6.67 Å². The zero-order chi connectivity index (χ0) is 15.6. The highest BCUT2D eigenvalue weighted by atomic mass is 32.1. The van der Waals surface area contributed by atoms with Gasteiger partial charge in [0.2, 0.25) is 4.77 Å². The molecule has 6 heteroatoms. The first kappa shape index (κ1) is 15.9. The van der Waals surface area contributed by atoms with Crippen molar-refractivity contribution >= 4 is 12.2 Å². The lowest BCUT2D eigenvalue weighted by molar-refractivity contribution is 0.243. The molecule has 0 spiro atoms. The van der Waals surface area contributed by atoms with Crippen molar-refractivity contribution in [3.63, 3.8) is 0 Å². The van der Waals surface area contributed by atoms with Gasteiger partial charge in [-0.15, -0.1) is 0 Å². The first-order valence-corrected chi connectivity index (χ1v) is 7.27. The molecule has 0 unspecified atom stereocenters. The van der Waals surface area contributed by atoms with Crippen LogP contribution in [-0.4, -0.2) is 26.7 Å². The highest BCUT2D eigenvalue weighted by molar-refractivity contribution is 7.71. The van der Waals surface area contributed by atoms with Crippen molar-refractivity contribution in [2.75, 3.05) is 7.05 Å². The first-order chi connectivity index (χ1) is 9.75. The fourth-order valence-corrected chi connectivity index (χ4v) is 2.18. The molecule has 0 bridgehead atoms. The Balaban J connectivity index is 2.06. The van der Waals surface area contributed by atoms with Crippen LogP contribution in [0.1, 0.15) is 32.2 Å². The van der Waals surface area contributed by atoms with Crippen LogP contribution in [0.5, 0.6) is 0 Å². The summed E-state index contributed by atoms with van der Waals surface area (Å²) in [5.41, 5.74) is 0.995. The molecule has 1 N–H and O–H groups in total. The van der Waals surface area contributed by atoms with Gasteiger partial charge in [-0.3, -0.25) is 10.00 Å². The number of halogens is 1. The molecule has 0 saturated carbocycles. The van der Waals surface area contributed by atoms with Gasteiger partial charge in [-0.05, 0) is 37.0 Å². The lowest BCUT2D eigenvalue weighted by atomic mass is 9.96. The standard InChI is InChI=1S/C15H21FN4S/c1-15(2,3)13-17-14(21)20(18-13)10-19(4)9-11-5-7-12(16)8-6-11/h5-8H,9-10H2,1-4H3,(H,17,18,21). The molecule has 2 aromatic rings. The Morgan fingerprint density at radius 1 is 1.29 bits per heavy atom. The van der Waals surface area contributed by atoms with Crippen LogP contribution in [0.3, 0.4) is 0 Å². The minimum Gasteiger partial charge on any atom is -0.283 e. The van der Waals surface area contributed by atoms with Crippen molar-refractivity contribution in [2.24, 2.45) is 0 Å². The van der Waals surface area contributed by atoms with Gasteiger partial charge in [0.25, 0.3) is 0 Å². The highest BCUT2D eigenvalue weighted by Gasteiger charge is 2.18. The van der Waals surface area contributed by atoms with Gasteiger partial charge >= 0.3 is 0 Å². The number of aromatic amines is 1. The zero-order valence-electron chi connectivity index (χ0n) is 12.9. The van der Waals surface area contributed by atoms with Crippen molar-refractivity contribution < 1.29 is 4.39 Å². The Kier molecular flexibility index (Phi) is 4.58. The van der Waals surface area contributed by atoms with Crippen molar-refractivity contribution in [2.45, 2.75) is 39.4 Å². The van der Waals surface area contributed by atoms with Crippen LogP contribution in [0.4, 0.5) is 4.39 Å². The van der Waals surface area contributed by atoms with Gasteiger partial charge in [-0.2, -0.15) is 0 Å². The second kappa shape index (κ2) is 6.07. The van der Waals surface area contributed by atoms with Crippen LogP contribution in [0, 0.1) is 10.6 Å². The molecule has 0 aliphatic carbocycles. The van der Waals surface area contributed by atoms with E-state index in [2.05, 4.69) is 35.8 Å². The second-order valence-corrected chi connectivity index (χ2v) is 6.68. The maximum Gasteiger partial charge on any atom is 0.217 e. The lowest BCUT2D eigenvalue weighted by Crippen LogP contribution is -2.23. The molecule has 0 amide bonds. The van der Waals surface area contributed by atoms with E-state index in [-0.39, 0.29) is 11.2 Å². The summed E-state index contributed by atoms with van der Waals surface area (Å²) in [5.74, 6) is 0.662. The first-order valence-electron chi connectivity index (χ1n) is 6.86. The normalized spacial score (nSPS) is 12.1. The summed E-state index contributed by atoms with van der Waals surface area (Å²) in [6.45, 7) is 7.60. The van der Waals surface area contributed by atoms with E-state index in [1.165, 1.54) is 12.1 Å². The monoisotopic (exact) mass is 308 g/mol. The van der Waals surface area contributed by atoms with Gasteiger partial charge in [0.1, 0.15) is 11.6 Å². The molecule has 0 radical (unpaired) electrons. The van der Waals surface area contributed by atoms with Gasteiger partial charge in [-0.1, -0.05) is 32.9 Å². The second-order valence-electron chi connectivity index (χ2n) is 6.31. The average molecular weight is 308 g/mol. The summed E-state index contributed by atoms with van der Waals surface area (Å²) in [6.07, 6.45) is 0. The summed E-state index contributed by atoms with van der Waals surface area (Å²) >= 11 is 5.29. The zero-order valence-corrected chi connectivity index (χ0v) is 13.7. The molecule has 1 heterocycles. The third kappa shape index (κ3) is 4.22. The van der Waals surface area contributed by atoms with Crippen molar-refractivity contribution in [3.05, 3.63) is 46.2 Å². The Hall–Kier alpha value is -1.53. The minimum atomic E-state index is -0.216. The Labute approximate surface area is 129 Å². The average Bonchev–Trinajstić information content (AvgIpc) is 2.74. The topological polar surface area (TPSA) is 36.9 Å². The highest BCUT2D eigenvalue weighted by Crippen LogP contribution is 2.17. The van der Waals surface area contributed by atoms with Gasteiger partial charge in [0.15, 0.2) is 0 Å². The number of nitrogens with one attached hydrogen (secondary N) is 1. The predicted octanol–water partition coefficient (Wildman–Crippen LogP) is 3.47. The number of hydrogen-bond acceptors (Lipinski definition) is 3. The number of H-pyrrole nitrogens is 1. The quantitative estimate of drug-likeness (QED) is 0.879. The molecular weight excluding hydrogens is 287 g/mol. The molecular formula is C15H21FN4S. The number of nitrogens with zero attached hydrogens (tertiary/aromatic N) is 3. The molecule has 21 heavy (non-hydrogen) atoms. The lowest BCUT2D eigenvalue weighted by Gasteiger charge is -2.18. The molecule has 1 aromatic carbocycles. The molecule has 0 saturated heterocycles. The maximum absolute atomic E-state index is 12.9. The predicted molar refractivity (Wildman–Crippen MR) is 84.0 cm³/mol. The van der Waals surface area contributed by atoms with E-state index in [0.29, 0.717) is 18.0 Å². The van der Waals surface area contributed by atoms with Crippen molar-refractivity contribution in [1.29, 1.82) is 0 Å². The van der Waals surface area contributed by atoms with Crippen LogP contribution in [0.25, 0.3) is 0 Å².